The van der Waals surface area contributed by atoms with Crippen LogP contribution in [-0.4, -0.2) is 67.9 Å². The van der Waals surface area contributed by atoms with Crippen LogP contribution in [0, 0.1) is 20.8 Å². The van der Waals surface area contributed by atoms with Gasteiger partial charge in [-0.2, -0.15) is 0 Å². The molecule has 1 aliphatic heterocycles. The van der Waals surface area contributed by atoms with Crippen molar-refractivity contribution in [2.24, 2.45) is 0 Å². The highest BCUT2D eigenvalue weighted by Gasteiger charge is 2.37. The molecule has 0 amide bonds. The number of nitrogens with zero attached hydrogens (tertiary/aromatic N) is 2. The molecule has 166 valence electrons. The fourth-order valence-corrected chi connectivity index (χ4v) is 5.27. The minimum atomic E-state index is -6.00. The van der Waals surface area contributed by atoms with Gasteiger partial charge >= 0.3 is 16.1 Å². The van der Waals surface area contributed by atoms with Crippen LogP contribution in [0.1, 0.15) is 23.1 Å². The van der Waals surface area contributed by atoms with Crippen LogP contribution in [0.2, 0.25) is 6.04 Å². The molecule has 0 unspecified atom stereocenters. The highest BCUT2D eigenvalue weighted by molar-refractivity contribution is 6.60. The van der Waals surface area contributed by atoms with Crippen molar-refractivity contribution in [2.75, 3.05) is 45.9 Å². The zero-order valence-corrected chi connectivity index (χ0v) is 19.0. The zero-order chi connectivity index (χ0) is 22.2. The first-order chi connectivity index (χ1) is 13.4. The summed E-state index contributed by atoms with van der Waals surface area (Å²) >= 11 is 0. The lowest BCUT2D eigenvalue weighted by Gasteiger charge is -2.23. The highest BCUT2D eigenvalue weighted by Crippen LogP contribution is 2.26. The van der Waals surface area contributed by atoms with Gasteiger partial charge in [-0.05, 0) is 38.3 Å². The number of rotatable bonds is 8. The fraction of sp³-hybridized carbons (Fsp3) is 0.611. The Kier molecular flexibility index (Phi) is 9.80. The van der Waals surface area contributed by atoms with E-state index in [1.54, 1.807) is 21.3 Å². The van der Waals surface area contributed by atoms with E-state index >= 15 is 0 Å². The lowest BCUT2D eigenvalue weighted by Crippen LogP contribution is -2.43. The minimum absolute atomic E-state index is 0.837. The molecule has 0 N–H and O–H groups in total. The molecule has 0 aromatic heterocycles. The van der Waals surface area contributed by atoms with Crippen LogP contribution in [0.15, 0.2) is 12.1 Å². The van der Waals surface area contributed by atoms with Crippen LogP contribution < -0.4 is 4.90 Å². The Morgan fingerprint density at radius 1 is 1.00 bits per heavy atom. The van der Waals surface area contributed by atoms with E-state index in [2.05, 4.69) is 48.7 Å². The van der Waals surface area contributed by atoms with Gasteiger partial charge in [-0.15, -0.1) is 0 Å². The molecule has 0 fully saturated rings. The van der Waals surface area contributed by atoms with Gasteiger partial charge in [-0.25, -0.2) is 4.90 Å². The van der Waals surface area contributed by atoms with Gasteiger partial charge < -0.3 is 30.5 Å². The van der Waals surface area contributed by atoms with Crippen molar-refractivity contribution in [3.8, 4) is 0 Å². The number of aryl methyl sites for hydroxylation is 3. The number of halogens is 4. The Labute approximate surface area is 171 Å². The van der Waals surface area contributed by atoms with Gasteiger partial charge in [0.25, 0.3) is 0 Å². The molecule has 0 saturated heterocycles. The lowest BCUT2D eigenvalue weighted by molar-refractivity contribution is -0.513. The van der Waals surface area contributed by atoms with E-state index in [1.165, 1.54) is 22.4 Å². The van der Waals surface area contributed by atoms with Crippen LogP contribution in [0.3, 0.4) is 0 Å². The predicted octanol–water partition coefficient (Wildman–Crippen LogP) is 4.04. The molecule has 0 saturated carbocycles. The quantitative estimate of drug-likeness (QED) is 0.349. The van der Waals surface area contributed by atoms with Crippen LogP contribution >= 0.6 is 0 Å². The van der Waals surface area contributed by atoms with Gasteiger partial charge in [0.05, 0.1) is 6.54 Å². The Balaban J connectivity index is 0.000000749. The smallest absolute Gasteiger partial charge is 0.418 e. The molecule has 1 aromatic carbocycles. The van der Waals surface area contributed by atoms with Gasteiger partial charge in [-0.1, -0.05) is 17.7 Å². The molecule has 0 bridgehead atoms. The van der Waals surface area contributed by atoms with Crippen molar-refractivity contribution in [3.63, 3.8) is 0 Å². The van der Waals surface area contributed by atoms with Gasteiger partial charge in [0, 0.05) is 27.4 Å². The Morgan fingerprint density at radius 2 is 1.48 bits per heavy atom. The van der Waals surface area contributed by atoms with Gasteiger partial charge in [0.2, 0.25) is 6.34 Å². The summed E-state index contributed by atoms with van der Waals surface area (Å²) in [5.41, 5.74) is 5.35. The second kappa shape index (κ2) is 11.1. The molecule has 1 heterocycles. The summed E-state index contributed by atoms with van der Waals surface area (Å²) in [6.07, 6.45) is 3.25. The molecule has 0 radical (unpaired) electrons. The first-order valence-electron chi connectivity index (χ1n) is 9.41. The van der Waals surface area contributed by atoms with Crippen molar-refractivity contribution in [2.45, 2.75) is 33.2 Å². The van der Waals surface area contributed by atoms with E-state index in [0.717, 1.165) is 32.1 Å². The van der Waals surface area contributed by atoms with Gasteiger partial charge in [-0.3, -0.25) is 4.58 Å². The van der Waals surface area contributed by atoms with Gasteiger partial charge in [0.1, 0.15) is 18.8 Å². The fourth-order valence-electron chi connectivity index (χ4n) is 3.57. The van der Waals surface area contributed by atoms with Gasteiger partial charge in [0.15, 0.2) is 0 Å². The second-order valence-electron chi connectivity index (χ2n) is 6.99. The van der Waals surface area contributed by atoms with E-state index in [0.29, 0.717) is 0 Å². The van der Waals surface area contributed by atoms with Crippen molar-refractivity contribution in [1.82, 2.24) is 0 Å². The minimum Gasteiger partial charge on any atom is -0.418 e. The number of anilines is 1. The topological polar surface area (TPSA) is 33.9 Å². The van der Waals surface area contributed by atoms with Crippen LogP contribution in [0.25, 0.3) is 0 Å². The molecule has 0 aliphatic carbocycles. The molecule has 29 heavy (non-hydrogen) atoms. The number of hydrogen-bond donors (Lipinski definition) is 0. The lowest BCUT2D eigenvalue weighted by atomic mass is 10.0. The molecule has 1 aliphatic rings. The van der Waals surface area contributed by atoms with Crippen LogP contribution in [0.4, 0.5) is 23.0 Å². The maximum absolute atomic E-state index is 9.75. The Bertz CT molecular complexity index is 663. The predicted molar refractivity (Wildman–Crippen MR) is 110 cm³/mol. The number of hydrogen-bond acceptors (Lipinski definition) is 4. The molecule has 0 spiro atoms. The number of benzene rings is 1. The van der Waals surface area contributed by atoms with Crippen molar-refractivity contribution >= 4 is 28.1 Å². The van der Waals surface area contributed by atoms with E-state index in [9.17, 15) is 17.3 Å². The van der Waals surface area contributed by atoms with E-state index < -0.39 is 16.1 Å². The average Bonchev–Trinajstić information content (AvgIpc) is 3.05. The molecule has 1 aromatic rings. The van der Waals surface area contributed by atoms with Crippen molar-refractivity contribution < 1.29 is 35.1 Å². The molecule has 0 atom stereocenters. The molecular weight excluding hydrogens is 407 g/mol. The highest BCUT2D eigenvalue weighted by atomic mass is 28.4. The first-order valence-corrected chi connectivity index (χ1v) is 11.3. The van der Waals surface area contributed by atoms with E-state index in [4.69, 9.17) is 13.3 Å². The largest absolute Gasteiger partial charge is 0.673 e. The summed E-state index contributed by atoms with van der Waals surface area (Å²) < 4.78 is 57.8. The van der Waals surface area contributed by atoms with E-state index in [-0.39, 0.29) is 0 Å². The maximum atomic E-state index is 9.75. The monoisotopic (exact) mass is 438 g/mol. The summed E-state index contributed by atoms with van der Waals surface area (Å²) in [7, 11) is -3.43. The summed E-state index contributed by atoms with van der Waals surface area (Å²) in [5, 5.41) is 0. The summed E-state index contributed by atoms with van der Waals surface area (Å²) in [4.78, 5) is 2.37. The average molecular weight is 438 g/mol. The zero-order valence-electron chi connectivity index (χ0n) is 18.0. The standard InChI is InChI=1S/C18H31N2O3Si.BF4/c1-15-12-16(2)18(17(3)13-15)20-10-9-19(14-20)8-7-11-24(21-4,22-5)23-6;2-1(3,4)5/h12-14H,7-11H2,1-6H3;/q+1;-1. The summed E-state index contributed by atoms with van der Waals surface area (Å²) in [6, 6.07) is 5.35. The summed E-state index contributed by atoms with van der Waals surface area (Å²) in [6.45, 7) is 9.62. The van der Waals surface area contributed by atoms with E-state index in [1.807, 2.05) is 0 Å². The Morgan fingerprint density at radius 3 is 1.93 bits per heavy atom. The third kappa shape index (κ3) is 8.45. The molecule has 5 nitrogen and oxygen atoms in total. The van der Waals surface area contributed by atoms with Crippen LogP contribution in [0.5, 0.6) is 0 Å². The normalized spacial score (nSPS) is 14.6. The maximum Gasteiger partial charge on any atom is 0.673 e. The van der Waals surface area contributed by atoms with Crippen molar-refractivity contribution in [3.05, 3.63) is 28.8 Å². The van der Waals surface area contributed by atoms with Crippen molar-refractivity contribution in [1.29, 1.82) is 0 Å². The first kappa shape index (κ1) is 25.6. The molecule has 2 rings (SSSR count). The third-order valence-corrected chi connectivity index (χ3v) is 7.55. The van der Waals surface area contributed by atoms with Crippen LogP contribution in [-0.2, 0) is 13.3 Å². The molecular formula is C18H31BF4N2O3Si. The SMILES string of the molecule is CO[Si](CCC[N+]1=CN(c2c(C)cc(C)cc2C)CC1)(OC)OC.F[B-](F)(F)F. The Hall–Kier alpha value is -1.43. The summed E-state index contributed by atoms with van der Waals surface area (Å²) in [5.74, 6) is 0. The second-order valence-corrected chi connectivity index (χ2v) is 10.1. The third-order valence-electron chi connectivity index (χ3n) is 4.71. The molecule has 11 heteroatoms.